The molecule has 0 saturated heterocycles. The average Bonchev–Trinajstić information content (AvgIpc) is 3.04. The van der Waals surface area contributed by atoms with Gasteiger partial charge in [0.05, 0.1) is 25.4 Å². The number of hydrogen-bond donors (Lipinski definition) is 2. The molecule has 0 fully saturated rings. The second kappa shape index (κ2) is 23.4. The fourth-order valence-corrected chi connectivity index (χ4v) is 6.32. The number of alkyl halides is 4. The number of ether oxygens (including phenoxy) is 2. The lowest BCUT2D eigenvalue weighted by Crippen LogP contribution is -2.37. The summed E-state index contributed by atoms with van der Waals surface area (Å²) in [6.07, 6.45) is 1.81. The first kappa shape index (κ1) is 39.2. The Hall–Kier alpha value is -0.960. The van der Waals surface area contributed by atoms with E-state index in [0.29, 0.717) is 88.8 Å². The number of rotatable bonds is 25. The van der Waals surface area contributed by atoms with E-state index in [1.165, 1.54) is 0 Å². The smallest absolute Gasteiger partial charge is 0.119 e. The van der Waals surface area contributed by atoms with E-state index >= 15 is 0 Å². The maximum atomic E-state index is 11.7. The van der Waals surface area contributed by atoms with Crippen molar-refractivity contribution < 1.29 is 19.7 Å². The molecule has 6 nitrogen and oxygen atoms in total. The zero-order valence-corrected chi connectivity index (χ0v) is 29.4. The van der Waals surface area contributed by atoms with Crippen LogP contribution in [0.5, 0.6) is 11.5 Å². The van der Waals surface area contributed by atoms with Crippen molar-refractivity contribution in [1.82, 2.24) is 9.80 Å². The Morgan fingerprint density at radius 3 is 1.16 bits per heavy atom. The normalized spacial score (nSPS) is 14.5. The molecule has 0 aliphatic rings. The summed E-state index contributed by atoms with van der Waals surface area (Å²) < 4.78 is 11.5. The van der Waals surface area contributed by atoms with Crippen LogP contribution in [0.2, 0.25) is 0 Å². The summed E-state index contributed by atoms with van der Waals surface area (Å²) in [5.74, 6) is 3.28. The van der Waals surface area contributed by atoms with E-state index < -0.39 is 12.2 Å². The fraction of sp³-hybridized carbons (Fsp3) is 0.647. The van der Waals surface area contributed by atoms with E-state index in [1.807, 2.05) is 48.5 Å². The van der Waals surface area contributed by atoms with Crippen LogP contribution in [0.15, 0.2) is 48.5 Å². The minimum absolute atomic E-state index is 0.113. The van der Waals surface area contributed by atoms with Gasteiger partial charge in [-0.05, 0) is 61.1 Å². The van der Waals surface area contributed by atoms with E-state index in [1.54, 1.807) is 0 Å². The van der Waals surface area contributed by atoms with Gasteiger partial charge in [-0.25, -0.2) is 0 Å². The highest BCUT2D eigenvalue weighted by Gasteiger charge is 2.29. The zero-order valence-electron chi connectivity index (χ0n) is 26.4. The van der Waals surface area contributed by atoms with Crippen molar-refractivity contribution in [3.8, 4) is 11.5 Å². The number of hydrogen-bond acceptors (Lipinski definition) is 6. The van der Waals surface area contributed by atoms with Crippen LogP contribution < -0.4 is 9.47 Å². The average molecular weight is 695 g/mol. The van der Waals surface area contributed by atoms with E-state index in [2.05, 4.69) is 23.6 Å². The Labute approximate surface area is 285 Å². The van der Waals surface area contributed by atoms with Crippen LogP contribution in [0.3, 0.4) is 0 Å². The van der Waals surface area contributed by atoms with Crippen molar-refractivity contribution in [1.29, 1.82) is 0 Å². The Morgan fingerprint density at radius 1 is 0.568 bits per heavy atom. The number of benzene rings is 2. The van der Waals surface area contributed by atoms with Crippen molar-refractivity contribution in [2.75, 3.05) is 76.0 Å². The van der Waals surface area contributed by atoms with Crippen LogP contribution in [-0.2, 0) is 0 Å². The van der Waals surface area contributed by atoms with Crippen LogP contribution in [-0.4, -0.2) is 96.0 Å². The molecule has 0 saturated carbocycles. The lowest BCUT2D eigenvalue weighted by Gasteiger charge is -2.34. The molecule has 2 aromatic carbocycles. The largest absolute Gasteiger partial charge is 0.494 e. The molecule has 0 aliphatic heterocycles. The molecular formula is C34H52Cl4N2O4. The van der Waals surface area contributed by atoms with Crippen LogP contribution in [0.4, 0.5) is 0 Å². The lowest BCUT2D eigenvalue weighted by molar-refractivity contribution is 0.0469. The number of aliphatic hydroxyl groups excluding tert-OH is 2. The van der Waals surface area contributed by atoms with Gasteiger partial charge in [-0.2, -0.15) is 0 Å². The summed E-state index contributed by atoms with van der Waals surface area (Å²) in [5, 5.41) is 23.4. The lowest BCUT2D eigenvalue weighted by atomic mass is 9.84. The maximum absolute atomic E-state index is 11.7. The first-order chi connectivity index (χ1) is 21.4. The van der Waals surface area contributed by atoms with Gasteiger partial charge in [0.25, 0.3) is 0 Å². The molecule has 0 heterocycles. The standard InChI is InChI=1S/C34H52Cl4N2O4/c1-3-23-43-31-11-7-27(8-12-31)33(41)29(25-39(19-15-35)20-16-36)5-6-30(26-40(21-17-37)22-18-38)34(42)28-9-13-32(14-10-28)44-24-4-2/h7-14,29-30,33-34,41-42H,3-6,15-26H2,1-2H3. The SMILES string of the molecule is CCCOc1ccc(C(O)C(CCC(CN(CCCl)CCCl)C(O)c2ccc(OCCC)cc2)CN(CCCl)CCCl)cc1. The molecule has 0 aliphatic carbocycles. The van der Waals surface area contributed by atoms with Crippen molar-refractivity contribution in [3.05, 3.63) is 59.7 Å². The van der Waals surface area contributed by atoms with Crippen molar-refractivity contribution >= 4 is 46.4 Å². The zero-order chi connectivity index (χ0) is 32.2. The van der Waals surface area contributed by atoms with Gasteiger partial charge >= 0.3 is 0 Å². The van der Waals surface area contributed by atoms with Crippen LogP contribution in [0.25, 0.3) is 0 Å². The van der Waals surface area contributed by atoms with E-state index in [9.17, 15) is 10.2 Å². The third-order valence-electron chi connectivity index (χ3n) is 7.78. The van der Waals surface area contributed by atoms with Gasteiger partial charge in [0.15, 0.2) is 0 Å². The Bertz CT molecular complexity index is 895. The molecule has 4 atom stereocenters. The Balaban J connectivity index is 2.32. The third-order valence-corrected chi connectivity index (χ3v) is 8.45. The molecule has 0 bridgehead atoms. The summed E-state index contributed by atoms with van der Waals surface area (Å²) in [7, 11) is 0. The Morgan fingerprint density at radius 2 is 0.886 bits per heavy atom. The topological polar surface area (TPSA) is 65.4 Å². The highest BCUT2D eigenvalue weighted by molar-refractivity contribution is 6.18. The monoisotopic (exact) mass is 692 g/mol. The van der Waals surface area contributed by atoms with Gasteiger partial charge in [-0.3, -0.25) is 0 Å². The highest BCUT2D eigenvalue weighted by atomic mass is 35.5. The Kier molecular flexibility index (Phi) is 20.8. The molecule has 2 aromatic rings. The highest BCUT2D eigenvalue weighted by Crippen LogP contribution is 2.34. The molecule has 4 unspecified atom stereocenters. The van der Waals surface area contributed by atoms with Crippen molar-refractivity contribution in [3.63, 3.8) is 0 Å². The first-order valence-corrected chi connectivity index (χ1v) is 18.0. The second-order valence-electron chi connectivity index (χ2n) is 11.2. The summed E-state index contributed by atoms with van der Waals surface area (Å²) >= 11 is 24.5. The number of nitrogens with zero attached hydrogens (tertiary/aromatic N) is 2. The third kappa shape index (κ3) is 14.2. The molecule has 0 spiro atoms. The summed E-state index contributed by atoms with van der Waals surface area (Å²) in [6, 6.07) is 15.4. The molecule has 0 aromatic heterocycles. The van der Waals surface area contributed by atoms with Crippen LogP contribution in [0, 0.1) is 11.8 Å². The van der Waals surface area contributed by atoms with E-state index in [0.717, 1.165) is 35.5 Å². The molecule has 0 radical (unpaired) electrons. The van der Waals surface area contributed by atoms with Crippen molar-refractivity contribution in [2.45, 2.75) is 51.7 Å². The molecule has 44 heavy (non-hydrogen) atoms. The predicted octanol–water partition coefficient (Wildman–Crippen LogP) is 7.60. The van der Waals surface area contributed by atoms with E-state index in [-0.39, 0.29) is 11.8 Å². The van der Waals surface area contributed by atoms with Crippen LogP contribution in [0.1, 0.15) is 62.9 Å². The first-order valence-electron chi connectivity index (χ1n) is 15.9. The number of aliphatic hydroxyl groups is 2. The maximum Gasteiger partial charge on any atom is 0.119 e. The van der Waals surface area contributed by atoms with Gasteiger partial charge in [-0.15, -0.1) is 46.4 Å². The minimum atomic E-state index is -0.710. The quantitative estimate of drug-likeness (QED) is 0.104. The molecule has 10 heteroatoms. The van der Waals surface area contributed by atoms with Gasteiger partial charge in [-0.1, -0.05) is 38.1 Å². The van der Waals surface area contributed by atoms with Crippen molar-refractivity contribution in [2.24, 2.45) is 11.8 Å². The van der Waals surface area contributed by atoms with E-state index in [4.69, 9.17) is 55.9 Å². The second-order valence-corrected chi connectivity index (χ2v) is 12.7. The minimum Gasteiger partial charge on any atom is -0.494 e. The van der Waals surface area contributed by atoms with Gasteiger partial charge in [0.2, 0.25) is 0 Å². The predicted molar refractivity (Wildman–Crippen MR) is 186 cm³/mol. The molecular weight excluding hydrogens is 642 g/mol. The molecule has 2 rings (SSSR count). The summed E-state index contributed by atoms with van der Waals surface area (Å²) in [5.41, 5.74) is 1.67. The van der Waals surface area contributed by atoms with Gasteiger partial charge < -0.3 is 29.5 Å². The van der Waals surface area contributed by atoms with Gasteiger partial charge in [0, 0.05) is 74.6 Å². The summed E-state index contributed by atoms with van der Waals surface area (Å²) in [4.78, 5) is 4.42. The summed E-state index contributed by atoms with van der Waals surface area (Å²) in [6.45, 7) is 9.43. The van der Waals surface area contributed by atoms with Gasteiger partial charge in [0.1, 0.15) is 11.5 Å². The number of halogens is 4. The molecule has 0 amide bonds. The fourth-order valence-electron chi connectivity index (χ4n) is 5.36. The van der Waals surface area contributed by atoms with Crippen LogP contribution >= 0.6 is 46.4 Å². The molecule has 250 valence electrons. The molecule has 2 N–H and O–H groups in total.